The molecule has 34 heavy (non-hydrogen) atoms. The summed E-state index contributed by atoms with van der Waals surface area (Å²) in [5, 5.41) is 11.9. The fourth-order valence-electron chi connectivity index (χ4n) is 5.20. The Labute approximate surface area is 194 Å². The van der Waals surface area contributed by atoms with Gasteiger partial charge in [0.2, 0.25) is 0 Å². The zero-order valence-corrected chi connectivity index (χ0v) is 18.2. The van der Waals surface area contributed by atoms with Crippen LogP contribution in [0.25, 0.3) is 76.5 Å². The summed E-state index contributed by atoms with van der Waals surface area (Å²) in [6.45, 7) is 0. The zero-order chi connectivity index (χ0) is 22.2. The van der Waals surface area contributed by atoms with E-state index in [1.165, 1.54) is 43.1 Å². The van der Waals surface area contributed by atoms with Gasteiger partial charge in [0.25, 0.3) is 0 Å². The molecule has 6 aromatic carbocycles. The van der Waals surface area contributed by atoms with Gasteiger partial charge in [0.05, 0.1) is 0 Å². The molecule has 158 valence electrons. The highest BCUT2D eigenvalue weighted by molar-refractivity contribution is 6.06. The van der Waals surface area contributed by atoms with Crippen LogP contribution in [0, 0.1) is 0 Å². The van der Waals surface area contributed by atoms with Crippen molar-refractivity contribution < 1.29 is 8.83 Å². The predicted molar refractivity (Wildman–Crippen MR) is 141 cm³/mol. The van der Waals surface area contributed by atoms with Crippen LogP contribution >= 0.6 is 0 Å². The standard InChI is InChI=1S/C32H18O2/c1-3-7-21-11-25-15-29-27(13-23(25)9-19(21)5-1)17-31(33-29)32-18-28-14-24-10-20-6-2-4-8-22(20)12-26(24)16-30(28)34-32/h1-18H. The molecule has 2 heterocycles. The third-order valence-electron chi connectivity index (χ3n) is 6.92. The smallest absolute Gasteiger partial charge is 0.170 e. The minimum atomic E-state index is 0.750. The van der Waals surface area contributed by atoms with Crippen LogP contribution in [-0.2, 0) is 0 Å². The van der Waals surface area contributed by atoms with Crippen molar-refractivity contribution in [3.63, 3.8) is 0 Å². The number of benzene rings is 6. The number of furan rings is 2. The van der Waals surface area contributed by atoms with Crippen molar-refractivity contribution in [1.29, 1.82) is 0 Å². The maximum Gasteiger partial charge on any atom is 0.170 e. The van der Waals surface area contributed by atoms with Crippen LogP contribution in [0.15, 0.2) is 118 Å². The minimum absolute atomic E-state index is 0.750. The van der Waals surface area contributed by atoms with Crippen molar-refractivity contribution in [3.05, 3.63) is 109 Å². The Bertz CT molecular complexity index is 1780. The third-order valence-corrected chi connectivity index (χ3v) is 6.92. The predicted octanol–water partition coefficient (Wildman–Crippen LogP) is 9.46. The maximum atomic E-state index is 6.27. The van der Waals surface area contributed by atoms with E-state index in [0.29, 0.717) is 0 Å². The second-order valence-corrected chi connectivity index (χ2v) is 9.09. The molecular weight excluding hydrogens is 416 g/mol. The zero-order valence-electron chi connectivity index (χ0n) is 18.2. The highest BCUT2D eigenvalue weighted by Gasteiger charge is 2.14. The lowest BCUT2D eigenvalue weighted by Gasteiger charge is -2.02. The normalized spacial score (nSPS) is 12.1. The van der Waals surface area contributed by atoms with Gasteiger partial charge in [-0.25, -0.2) is 0 Å². The molecule has 2 heteroatoms. The molecule has 2 nitrogen and oxygen atoms in total. The molecule has 0 amide bonds. The van der Waals surface area contributed by atoms with Gasteiger partial charge in [0.15, 0.2) is 11.5 Å². The molecule has 2 aromatic heterocycles. The molecular formula is C32H18O2. The molecule has 0 aliphatic carbocycles. The van der Waals surface area contributed by atoms with Crippen molar-refractivity contribution >= 4 is 65.0 Å². The van der Waals surface area contributed by atoms with Crippen LogP contribution in [0.2, 0.25) is 0 Å². The largest absolute Gasteiger partial charge is 0.453 e. The van der Waals surface area contributed by atoms with E-state index in [0.717, 1.165) is 33.5 Å². The topological polar surface area (TPSA) is 26.3 Å². The van der Waals surface area contributed by atoms with Gasteiger partial charge in [-0.2, -0.15) is 0 Å². The van der Waals surface area contributed by atoms with E-state index in [9.17, 15) is 0 Å². The van der Waals surface area contributed by atoms with Crippen LogP contribution in [0.3, 0.4) is 0 Å². The van der Waals surface area contributed by atoms with Gasteiger partial charge in [0.1, 0.15) is 11.2 Å². The van der Waals surface area contributed by atoms with Crippen LogP contribution in [0.4, 0.5) is 0 Å². The van der Waals surface area contributed by atoms with Gasteiger partial charge in [0, 0.05) is 10.8 Å². The van der Waals surface area contributed by atoms with Crippen molar-refractivity contribution in [1.82, 2.24) is 0 Å². The quantitative estimate of drug-likeness (QED) is 0.240. The molecule has 0 atom stereocenters. The second kappa shape index (κ2) is 6.49. The SMILES string of the molecule is c1ccc2cc3cc4oc(-c5cc6cc7cc8ccccc8cc7cc6o5)cc4cc3cc2c1. The van der Waals surface area contributed by atoms with E-state index in [1.54, 1.807) is 0 Å². The Morgan fingerprint density at radius 2 is 0.618 bits per heavy atom. The molecule has 0 saturated carbocycles. The molecule has 0 saturated heterocycles. The average molecular weight is 434 g/mol. The van der Waals surface area contributed by atoms with Crippen molar-refractivity contribution in [2.75, 3.05) is 0 Å². The van der Waals surface area contributed by atoms with Gasteiger partial charge >= 0.3 is 0 Å². The number of hydrogen-bond donors (Lipinski definition) is 0. The van der Waals surface area contributed by atoms with Crippen LogP contribution in [0.5, 0.6) is 0 Å². The summed E-state index contributed by atoms with van der Waals surface area (Å²) in [5.41, 5.74) is 1.74. The number of hydrogen-bond acceptors (Lipinski definition) is 2. The number of fused-ring (bicyclic) bond motifs is 6. The molecule has 0 aliphatic rings. The van der Waals surface area contributed by atoms with Gasteiger partial charge in [-0.3, -0.25) is 0 Å². The highest BCUT2D eigenvalue weighted by Crippen LogP contribution is 2.36. The van der Waals surface area contributed by atoms with E-state index >= 15 is 0 Å². The van der Waals surface area contributed by atoms with Crippen LogP contribution < -0.4 is 0 Å². The van der Waals surface area contributed by atoms with Crippen LogP contribution in [-0.4, -0.2) is 0 Å². The monoisotopic (exact) mass is 434 g/mol. The Morgan fingerprint density at radius 1 is 0.294 bits per heavy atom. The Balaban J connectivity index is 1.30. The summed E-state index contributed by atoms with van der Waals surface area (Å²) < 4.78 is 12.5. The summed E-state index contributed by atoms with van der Waals surface area (Å²) in [5.74, 6) is 1.50. The van der Waals surface area contributed by atoms with Crippen molar-refractivity contribution in [2.45, 2.75) is 0 Å². The molecule has 0 bridgehead atoms. The van der Waals surface area contributed by atoms with Gasteiger partial charge in [-0.05, 0) is 104 Å². The molecule has 0 radical (unpaired) electrons. The molecule has 0 aliphatic heterocycles. The summed E-state index contributed by atoms with van der Waals surface area (Å²) in [4.78, 5) is 0. The van der Waals surface area contributed by atoms with Crippen molar-refractivity contribution in [2.24, 2.45) is 0 Å². The first-order valence-corrected chi connectivity index (χ1v) is 11.5. The third kappa shape index (κ3) is 2.63. The molecule has 0 spiro atoms. The Kier molecular flexibility index (Phi) is 3.42. The first-order valence-electron chi connectivity index (χ1n) is 11.5. The molecule has 8 aromatic rings. The van der Waals surface area contributed by atoms with E-state index in [1.807, 2.05) is 0 Å². The lowest BCUT2D eigenvalue weighted by atomic mass is 10.0. The van der Waals surface area contributed by atoms with E-state index in [2.05, 4.69) is 109 Å². The molecule has 8 rings (SSSR count). The van der Waals surface area contributed by atoms with Gasteiger partial charge < -0.3 is 8.83 Å². The Hall–Kier alpha value is -4.56. The highest BCUT2D eigenvalue weighted by atomic mass is 16.4. The van der Waals surface area contributed by atoms with E-state index < -0.39 is 0 Å². The lowest BCUT2D eigenvalue weighted by molar-refractivity contribution is 0.569. The molecule has 0 unspecified atom stereocenters. The summed E-state index contributed by atoms with van der Waals surface area (Å²) in [6, 6.07) is 38.7. The van der Waals surface area contributed by atoms with Crippen molar-refractivity contribution in [3.8, 4) is 11.5 Å². The van der Waals surface area contributed by atoms with Gasteiger partial charge in [-0.1, -0.05) is 48.5 Å². The second-order valence-electron chi connectivity index (χ2n) is 9.09. The summed E-state index contributed by atoms with van der Waals surface area (Å²) >= 11 is 0. The first kappa shape index (κ1) is 17.9. The van der Waals surface area contributed by atoms with Gasteiger partial charge in [-0.15, -0.1) is 0 Å². The summed E-state index contributed by atoms with van der Waals surface area (Å²) in [7, 11) is 0. The fourth-order valence-corrected chi connectivity index (χ4v) is 5.20. The van der Waals surface area contributed by atoms with E-state index in [-0.39, 0.29) is 0 Å². The van der Waals surface area contributed by atoms with Crippen LogP contribution in [0.1, 0.15) is 0 Å². The lowest BCUT2D eigenvalue weighted by Crippen LogP contribution is -1.76. The first-order chi connectivity index (χ1) is 16.8. The summed E-state index contributed by atoms with van der Waals surface area (Å²) in [6.07, 6.45) is 0. The van der Waals surface area contributed by atoms with E-state index in [4.69, 9.17) is 8.83 Å². The fraction of sp³-hybridized carbons (Fsp3) is 0. The number of rotatable bonds is 1. The Morgan fingerprint density at radius 3 is 1.00 bits per heavy atom. The molecule has 0 N–H and O–H groups in total. The minimum Gasteiger partial charge on any atom is -0.453 e. The average Bonchev–Trinajstić information content (AvgIpc) is 3.46. The maximum absolute atomic E-state index is 6.27. The molecule has 0 fully saturated rings.